The molecule has 0 aromatic rings. The molecule has 6 heteroatoms. The minimum Gasteiger partial charge on any atom is -0.462 e. The minimum atomic E-state index is -0.804. The Balaban J connectivity index is 4.11. The number of hydrogen-bond acceptors (Lipinski definition) is 6. The van der Waals surface area contributed by atoms with Crippen LogP contribution in [0.3, 0.4) is 0 Å². The molecule has 0 spiro atoms. The SMILES string of the molecule is CC/C=C\C/C=C\C/C=C\C/C=C\C/C=C\C/C=C\C/C=C\CCCC(=O)OC(COC(=O)CCCCCCCCC)COC(=O)CCCCCCCCCCCCCCCCCCCCCCCCCCCCCCCCC. The van der Waals surface area contributed by atoms with Gasteiger partial charge in [-0.1, -0.05) is 337 Å². The van der Waals surface area contributed by atoms with Crippen LogP contribution in [0.4, 0.5) is 0 Å². The molecule has 79 heavy (non-hydrogen) atoms. The number of ether oxygens (including phenoxy) is 3. The summed E-state index contributed by atoms with van der Waals surface area (Å²) in [6.07, 6.45) is 89.4. The molecule has 0 N–H and O–H groups in total. The molecule has 0 bridgehead atoms. The van der Waals surface area contributed by atoms with Gasteiger partial charge in [0.2, 0.25) is 0 Å². The van der Waals surface area contributed by atoms with Crippen molar-refractivity contribution in [3.8, 4) is 0 Å². The monoisotopic (exact) mass is 1100 g/mol. The zero-order valence-corrected chi connectivity index (χ0v) is 52.4. The lowest BCUT2D eigenvalue weighted by Gasteiger charge is -2.18. The van der Waals surface area contributed by atoms with Crippen LogP contribution < -0.4 is 0 Å². The lowest BCUT2D eigenvalue weighted by atomic mass is 10.0. The summed E-state index contributed by atoms with van der Waals surface area (Å²) in [6.45, 7) is 6.47. The normalized spacial score (nSPS) is 12.6. The highest BCUT2D eigenvalue weighted by atomic mass is 16.6. The smallest absolute Gasteiger partial charge is 0.306 e. The van der Waals surface area contributed by atoms with Gasteiger partial charge < -0.3 is 14.2 Å². The number of hydrogen-bond donors (Lipinski definition) is 0. The molecule has 0 aliphatic rings. The van der Waals surface area contributed by atoms with E-state index < -0.39 is 6.10 Å². The van der Waals surface area contributed by atoms with Crippen LogP contribution in [0.1, 0.15) is 342 Å². The van der Waals surface area contributed by atoms with E-state index >= 15 is 0 Å². The molecular weight excluding hydrogens is 973 g/mol. The van der Waals surface area contributed by atoms with Gasteiger partial charge in [-0.2, -0.15) is 0 Å². The average Bonchev–Trinajstić information content (AvgIpc) is 3.45. The Hall–Kier alpha value is -3.41. The maximum absolute atomic E-state index is 12.8. The van der Waals surface area contributed by atoms with Gasteiger partial charge in [-0.15, -0.1) is 0 Å². The quantitative estimate of drug-likeness (QED) is 0.0261. The van der Waals surface area contributed by atoms with Gasteiger partial charge in [0.15, 0.2) is 6.10 Å². The van der Waals surface area contributed by atoms with Crippen molar-refractivity contribution in [1.29, 1.82) is 0 Å². The Morgan fingerprint density at radius 3 is 0.759 bits per heavy atom. The first-order valence-corrected chi connectivity index (χ1v) is 34.1. The fourth-order valence-electron chi connectivity index (χ4n) is 9.85. The molecule has 0 aromatic heterocycles. The number of unbranched alkanes of at least 4 members (excludes halogenated alkanes) is 37. The van der Waals surface area contributed by atoms with E-state index in [1.165, 1.54) is 205 Å². The molecule has 1 atom stereocenters. The Morgan fingerprint density at radius 2 is 0.494 bits per heavy atom. The largest absolute Gasteiger partial charge is 0.462 e. The molecule has 0 aliphatic carbocycles. The van der Waals surface area contributed by atoms with Crippen LogP contribution in [0, 0.1) is 0 Å². The average molecular weight is 1100 g/mol. The molecule has 0 aromatic carbocycles. The van der Waals surface area contributed by atoms with E-state index in [0.717, 1.165) is 89.9 Å². The van der Waals surface area contributed by atoms with Crippen LogP contribution in [0.5, 0.6) is 0 Å². The maximum atomic E-state index is 12.8. The summed E-state index contributed by atoms with van der Waals surface area (Å²) in [5, 5.41) is 0. The number of esters is 3. The van der Waals surface area contributed by atoms with Crippen molar-refractivity contribution in [2.75, 3.05) is 13.2 Å². The highest BCUT2D eigenvalue weighted by molar-refractivity contribution is 5.71. The first kappa shape index (κ1) is 75.6. The third-order valence-electron chi connectivity index (χ3n) is 14.9. The Morgan fingerprint density at radius 1 is 0.266 bits per heavy atom. The van der Waals surface area contributed by atoms with Crippen LogP contribution >= 0.6 is 0 Å². The Bertz CT molecular complexity index is 1500. The van der Waals surface area contributed by atoms with Gasteiger partial charge in [0.25, 0.3) is 0 Å². The summed E-state index contributed by atoms with van der Waals surface area (Å²) in [5.41, 5.74) is 0. The van der Waals surface area contributed by atoms with E-state index in [4.69, 9.17) is 14.2 Å². The van der Waals surface area contributed by atoms with Crippen molar-refractivity contribution in [2.45, 2.75) is 348 Å². The van der Waals surface area contributed by atoms with Gasteiger partial charge in [-0.25, -0.2) is 0 Å². The van der Waals surface area contributed by atoms with E-state index in [0.29, 0.717) is 19.3 Å². The predicted molar refractivity (Wildman–Crippen MR) is 344 cm³/mol. The van der Waals surface area contributed by atoms with Crippen molar-refractivity contribution >= 4 is 17.9 Å². The molecule has 0 heterocycles. The van der Waals surface area contributed by atoms with E-state index in [9.17, 15) is 14.4 Å². The van der Waals surface area contributed by atoms with Gasteiger partial charge in [0, 0.05) is 19.3 Å². The van der Waals surface area contributed by atoms with Crippen molar-refractivity contribution in [2.24, 2.45) is 0 Å². The first-order valence-electron chi connectivity index (χ1n) is 34.1. The predicted octanol–water partition coefficient (Wildman–Crippen LogP) is 23.4. The summed E-state index contributed by atoms with van der Waals surface area (Å²) in [4.78, 5) is 38.1. The number of rotatable bonds is 62. The zero-order valence-electron chi connectivity index (χ0n) is 52.4. The fourth-order valence-corrected chi connectivity index (χ4v) is 9.85. The Kier molecular flexibility index (Phi) is 64.2. The van der Waals surface area contributed by atoms with Crippen molar-refractivity contribution < 1.29 is 28.6 Å². The Labute approximate surface area is 490 Å². The summed E-state index contributed by atoms with van der Waals surface area (Å²) < 4.78 is 16.8. The van der Waals surface area contributed by atoms with Crippen molar-refractivity contribution in [1.82, 2.24) is 0 Å². The maximum Gasteiger partial charge on any atom is 0.306 e. The second kappa shape index (κ2) is 67.1. The van der Waals surface area contributed by atoms with Gasteiger partial charge in [0.05, 0.1) is 0 Å². The second-order valence-electron chi connectivity index (χ2n) is 22.7. The van der Waals surface area contributed by atoms with Gasteiger partial charge >= 0.3 is 17.9 Å². The summed E-state index contributed by atoms with van der Waals surface area (Å²) in [6, 6.07) is 0. The number of carbonyl (C=O) groups excluding carboxylic acids is 3. The van der Waals surface area contributed by atoms with E-state index in [2.05, 4.69) is 106 Å². The third kappa shape index (κ3) is 65.3. The standard InChI is InChI=1S/C73H128O6/c1-4-7-10-13-16-18-20-22-24-26-28-30-32-33-34-35-36-37-38-39-41-42-44-46-48-50-52-54-57-60-63-66-72(75)78-69-70(68-77-71(74)65-62-59-56-15-12-9-6-3)79-73(76)67-64-61-58-55-53-51-49-47-45-43-40-31-29-27-25-23-21-19-17-14-11-8-5-2/h8,11,17,19,23,25,29,31,43,45,49,51,55,58,70H,4-7,9-10,12-16,18,20-22,24,26-28,30,32-42,44,46-48,50,52-54,56-57,59-69H2,1-3H3/b11-8-,19-17-,25-23-,31-29-,45-43-,51-49-,58-55-. The summed E-state index contributed by atoms with van der Waals surface area (Å²) >= 11 is 0. The molecule has 0 amide bonds. The molecule has 0 aliphatic heterocycles. The van der Waals surface area contributed by atoms with Crippen molar-refractivity contribution in [3.63, 3.8) is 0 Å². The van der Waals surface area contributed by atoms with Crippen LogP contribution in [0.25, 0.3) is 0 Å². The fraction of sp³-hybridized carbons (Fsp3) is 0.767. The van der Waals surface area contributed by atoms with Gasteiger partial charge in [-0.05, 0) is 70.6 Å². The first-order chi connectivity index (χ1) is 39.0. The molecule has 1 unspecified atom stereocenters. The summed E-state index contributed by atoms with van der Waals surface area (Å²) in [7, 11) is 0. The molecule has 0 radical (unpaired) electrons. The molecular formula is C73H128O6. The van der Waals surface area contributed by atoms with Crippen molar-refractivity contribution in [3.05, 3.63) is 85.1 Å². The van der Waals surface area contributed by atoms with E-state index in [-0.39, 0.29) is 37.5 Å². The van der Waals surface area contributed by atoms with Crippen LogP contribution in [-0.4, -0.2) is 37.2 Å². The number of carbonyl (C=O) groups is 3. The van der Waals surface area contributed by atoms with Crippen LogP contribution in [-0.2, 0) is 28.6 Å². The lowest BCUT2D eigenvalue weighted by Crippen LogP contribution is -2.30. The van der Waals surface area contributed by atoms with E-state index in [1.807, 2.05) is 0 Å². The van der Waals surface area contributed by atoms with Gasteiger partial charge in [-0.3, -0.25) is 14.4 Å². The lowest BCUT2D eigenvalue weighted by molar-refractivity contribution is -0.167. The molecule has 456 valence electrons. The highest BCUT2D eigenvalue weighted by Gasteiger charge is 2.19. The molecule has 6 nitrogen and oxygen atoms in total. The van der Waals surface area contributed by atoms with Gasteiger partial charge in [0.1, 0.15) is 13.2 Å². The third-order valence-corrected chi connectivity index (χ3v) is 14.9. The van der Waals surface area contributed by atoms with E-state index in [1.54, 1.807) is 0 Å². The molecule has 0 saturated carbocycles. The topological polar surface area (TPSA) is 78.9 Å². The minimum absolute atomic E-state index is 0.0965. The molecule has 0 fully saturated rings. The highest BCUT2D eigenvalue weighted by Crippen LogP contribution is 2.18. The van der Waals surface area contributed by atoms with Crippen LogP contribution in [0.15, 0.2) is 85.1 Å². The summed E-state index contributed by atoms with van der Waals surface area (Å²) in [5.74, 6) is -0.951. The zero-order chi connectivity index (χ0) is 57.1. The second-order valence-corrected chi connectivity index (χ2v) is 22.7. The molecule has 0 saturated heterocycles. The number of allylic oxidation sites excluding steroid dienone is 14. The van der Waals surface area contributed by atoms with Crippen LogP contribution in [0.2, 0.25) is 0 Å². The molecule has 0 rings (SSSR count).